The number of nitrogens with one attached hydrogen (secondary N) is 2. The maximum absolute atomic E-state index is 12.0. The van der Waals surface area contributed by atoms with Gasteiger partial charge in [0.1, 0.15) is 0 Å². The maximum Gasteiger partial charge on any atom is 0.335 e. The van der Waals surface area contributed by atoms with Crippen LogP contribution in [0.3, 0.4) is 0 Å². The fourth-order valence-electron chi connectivity index (χ4n) is 1.75. The lowest BCUT2D eigenvalue weighted by molar-refractivity contribution is -0.110. The molecular weight excluding hydrogens is 336 g/mol. The molecule has 0 aliphatic carbocycles. The second-order valence-electron chi connectivity index (χ2n) is 4.65. The van der Waals surface area contributed by atoms with Crippen LogP contribution in [0.4, 0.5) is 5.69 Å². The highest BCUT2D eigenvalue weighted by atomic mass is 35.5. The summed E-state index contributed by atoms with van der Waals surface area (Å²) in [5.41, 5.74) is 1.55. The molecule has 0 spiro atoms. The number of carbonyl (C=O) groups is 2. The van der Waals surface area contributed by atoms with Crippen LogP contribution < -0.4 is 10.6 Å². The van der Waals surface area contributed by atoms with Gasteiger partial charge in [0.15, 0.2) is 4.99 Å². The molecule has 2 aromatic rings. The summed E-state index contributed by atoms with van der Waals surface area (Å²) in [6.07, 6.45) is 0. The van der Waals surface area contributed by atoms with E-state index in [1.54, 1.807) is 12.1 Å². The molecule has 2 rings (SSSR count). The standard InChI is InChI=1S/C16H13ClN2O3S/c17-12-5-1-10(2-6-12)9-18-15(23)14(20)19-13-7-3-11(4-8-13)16(21)22/h1-8H,9H2,(H,18,23)(H,19,20)(H,21,22). The van der Waals surface area contributed by atoms with Gasteiger partial charge in [-0.2, -0.15) is 0 Å². The van der Waals surface area contributed by atoms with Crippen LogP contribution in [0.2, 0.25) is 5.02 Å². The molecule has 1 amide bonds. The number of thiocarbonyl (C=S) groups is 1. The van der Waals surface area contributed by atoms with Crippen molar-refractivity contribution in [3.63, 3.8) is 0 Å². The minimum absolute atomic E-state index is 0.0438. The number of carboxylic acids is 1. The number of amides is 1. The lowest BCUT2D eigenvalue weighted by Gasteiger charge is -2.09. The third-order valence-corrected chi connectivity index (χ3v) is 3.54. The number of rotatable bonds is 4. The molecule has 0 heterocycles. The van der Waals surface area contributed by atoms with Crippen molar-refractivity contribution >= 4 is 46.4 Å². The number of hydrogen-bond donors (Lipinski definition) is 3. The quantitative estimate of drug-likeness (QED) is 0.740. The Balaban J connectivity index is 1.88. The van der Waals surface area contributed by atoms with Gasteiger partial charge in [-0.15, -0.1) is 0 Å². The Morgan fingerprint density at radius 2 is 1.65 bits per heavy atom. The van der Waals surface area contributed by atoms with Crippen LogP contribution in [0, 0.1) is 0 Å². The summed E-state index contributed by atoms with van der Waals surface area (Å²) in [5, 5.41) is 14.9. The minimum Gasteiger partial charge on any atom is -0.478 e. The van der Waals surface area contributed by atoms with Gasteiger partial charge in [0.2, 0.25) is 0 Å². The first-order valence-electron chi connectivity index (χ1n) is 6.62. The largest absolute Gasteiger partial charge is 0.478 e. The van der Waals surface area contributed by atoms with Crippen molar-refractivity contribution in [1.82, 2.24) is 5.32 Å². The molecule has 0 unspecified atom stereocenters. The van der Waals surface area contributed by atoms with Gasteiger partial charge in [-0.05, 0) is 42.0 Å². The maximum atomic E-state index is 12.0. The first-order chi connectivity index (χ1) is 11.0. The zero-order valence-corrected chi connectivity index (χ0v) is 13.4. The van der Waals surface area contributed by atoms with Gasteiger partial charge in [-0.25, -0.2) is 4.79 Å². The molecule has 2 aromatic carbocycles. The minimum atomic E-state index is -1.02. The molecule has 0 aromatic heterocycles. The number of hydrogen-bond acceptors (Lipinski definition) is 3. The number of halogens is 1. The Labute approximate surface area is 143 Å². The second-order valence-corrected chi connectivity index (χ2v) is 5.49. The number of anilines is 1. The van der Waals surface area contributed by atoms with Gasteiger partial charge in [0.25, 0.3) is 5.91 Å². The van der Waals surface area contributed by atoms with Crippen molar-refractivity contribution < 1.29 is 14.7 Å². The molecule has 0 radical (unpaired) electrons. The zero-order chi connectivity index (χ0) is 16.8. The fourth-order valence-corrected chi connectivity index (χ4v) is 2.00. The average molecular weight is 349 g/mol. The Kier molecular flexibility index (Phi) is 5.67. The predicted molar refractivity (Wildman–Crippen MR) is 92.9 cm³/mol. The highest BCUT2D eigenvalue weighted by molar-refractivity contribution is 7.82. The fraction of sp³-hybridized carbons (Fsp3) is 0.0625. The molecule has 0 bridgehead atoms. The molecule has 0 saturated carbocycles. The molecule has 0 aliphatic rings. The monoisotopic (exact) mass is 348 g/mol. The molecule has 0 fully saturated rings. The van der Waals surface area contributed by atoms with Crippen LogP contribution in [0.5, 0.6) is 0 Å². The Morgan fingerprint density at radius 3 is 2.22 bits per heavy atom. The van der Waals surface area contributed by atoms with Crippen molar-refractivity contribution in [2.45, 2.75) is 6.54 Å². The molecule has 23 heavy (non-hydrogen) atoms. The summed E-state index contributed by atoms with van der Waals surface area (Å²) in [6.45, 7) is 0.404. The van der Waals surface area contributed by atoms with Gasteiger partial charge in [-0.1, -0.05) is 36.0 Å². The summed E-state index contributed by atoms with van der Waals surface area (Å²) in [4.78, 5) is 22.8. The van der Waals surface area contributed by atoms with Crippen LogP contribution in [-0.2, 0) is 11.3 Å². The molecule has 118 valence electrons. The van der Waals surface area contributed by atoms with Gasteiger partial charge in [-0.3, -0.25) is 4.79 Å². The molecular formula is C16H13ClN2O3S. The predicted octanol–water partition coefficient (Wildman–Crippen LogP) is 3.09. The molecule has 0 aliphatic heterocycles. The van der Waals surface area contributed by atoms with E-state index in [4.69, 9.17) is 28.9 Å². The van der Waals surface area contributed by atoms with E-state index < -0.39 is 11.9 Å². The lowest BCUT2D eigenvalue weighted by atomic mass is 10.2. The smallest absolute Gasteiger partial charge is 0.335 e. The van der Waals surface area contributed by atoms with Crippen molar-refractivity contribution in [3.05, 3.63) is 64.7 Å². The number of aromatic carboxylic acids is 1. The van der Waals surface area contributed by atoms with Crippen LogP contribution in [0.15, 0.2) is 48.5 Å². The molecule has 3 N–H and O–H groups in total. The number of carbonyl (C=O) groups excluding carboxylic acids is 1. The van der Waals surface area contributed by atoms with Gasteiger partial charge in [0.05, 0.1) is 5.56 Å². The van der Waals surface area contributed by atoms with E-state index in [9.17, 15) is 9.59 Å². The molecule has 0 atom stereocenters. The molecule has 7 heteroatoms. The van der Waals surface area contributed by atoms with Gasteiger partial charge >= 0.3 is 5.97 Å². The normalized spacial score (nSPS) is 9.96. The summed E-state index contributed by atoms with van der Waals surface area (Å²) < 4.78 is 0. The van der Waals surface area contributed by atoms with Gasteiger partial charge in [0, 0.05) is 17.3 Å². The van der Waals surface area contributed by atoms with E-state index >= 15 is 0 Å². The van der Waals surface area contributed by atoms with Crippen molar-refractivity contribution in [2.75, 3.05) is 5.32 Å². The van der Waals surface area contributed by atoms with Gasteiger partial charge < -0.3 is 15.7 Å². The average Bonchev–Trinajstić information content (AvgIpc) is 2.54. The summed E-state index contributed by atoms with van der Waals surface area (Å²) in [7, 11) is 0. The lowest BCUT2D eigenvalue weighted by Crippen LogP contribution is -2.33. The number of carboxylic acid groups (broad SMARTS) is 1. The van der Waals surface area contributed by atoms with E-state index in [0.29, 0.717) is 17.3 Å². The van der Waals surface area contributed by atoms with Crippen molar-refractivity contribution in [2.24, 2.45) is 0 Å². The van der Waals surface area contributed by atoms with Crippen LogP contribution in [-0.4, -0.2) is 22.0 Å². The van der Waals surface area contributed by atoms with Crippen molar-refractivity contribution in [3.8, 4) is 0 Å². The first-order valence-corrected chi connectivity index (χ1v) is 7.41. The van der Waals surface area contributed by atoms with E-state index in [0.717, 1.165) is 5.56 Å². The van der Waals surface area contributed by atoms with Crippen LogP contribution in [0.1, 0.15) is 15.9 Å². The Bertz CT molecular complexity index is 730. The number of benzene rings is 2. The summed E-state index contributed by atoms with van der Waals surface area (Å²) in [5.74, 6) is -1.49. The Morgan fingerprint density at radius 1 is 1.04 bits per heavy atom. The van der Waals surface area contributed by atoms with E-state index in [-0.39, 0.29) is 10.6 Å². The van der Waals surface area contributed by atoms with Crippen LogP contribution >= 0.6 is 23.8 Å². The highest BCUT2D eigenvalue weighted by Crippen LogP contribution is 2.10. The SMILES string of the molecule is O=C(Nc1ccc(C(=O)O)cc1)C(=S)NCc1ccc(Cl)cc1. The van der Waals surface area contributed by atoms with E-state index in [1.807, 2.05) is 12.1 Å². The van der Waals surface area contributed by atoms with E-state index in [1.165, 1.54) is 24.3 Å². The zero-order valence-electron chi connectivity index (χ0n) is 11.9. The Hall–Kier alpha value is -2.44. The third kappa shape index (κ3) is 5.05. The third-order valence-electron chi connectivity index (χ3n) is 2.96. The van der Waals surface area contributed by atoms with Crippen molar-refractivity contribution in [1.29, 1.82) is 0 Å². The van der Waals surface area contributed by atoms with Crippen LogP contribution in [0.25, 0.3) is 0 Å². The summed E-state index contributed by atoms with van der Waals surface area (Å²) >= 11 is 10.8. The first kappa shape index (κ1) is 16.9. The topological polar surface area (TPSA) is 78.4 Å². The molecule has 5 nitrogen and oxygen atoms in total. The highest BCUT2D eigenvalue weighted by Gasteiger charge is 2.10. The molecule has 0 saturated heterocycles. The van der Waals surface area contributed by atoms with E-state index in [2.05, 4.69) is 10.6 Å². The second kappa shape index (κ2) is 7.71. The summed E-state index contributed by atoms with van der Waals surface area (Å²) in [6, 6.07) is 13.0.